The van der Waals surface area contributed by atoms with E-state index in [-0.39, 0.29) is 0 Å². The molecule has 22 heavy (non-hydrogen) atoms. The van der Waals surface area contributed by atoms with E-state index in [2.05, 4.69) is 24.3 Å². The quantitative estimate of drug-likeness (QED) is 0.461. The Hall–Kier alpha value is -1.02. The molecule has 1 aromatic carbocycles. The van der Waals surface area contributed by atoms with Crippen molar-refractivity contribution in [3.05, 3.63) is 29.8 Å². The third-order valence-corrected chi connectivity index (χ3v) is 4.15. The predicted molar refractivity (Wildman–Crippen MR) is 96.5 cm³/mol. The summed E-state index contributed by atoms with van der Waals surface area (Å²) in [4.78, 5) is 0. The average molecular weight is 306 g/mol. The van der Waals surface area contributed by atoms with Crippen LogP contribution in [0.25, 0.3) is 0 Å². The molecule has 0 saturated heterocycles. The van der Waals surface area contributed by atoms with Crippen LogP contribution in [-0.4, -0.2) is 13.2 Å². The van der Waals surface area contributed by atoms with Gasteiger partial charge in [0.15, 0.2) is 0 Å². The Morgan fingerprint density at radius 1 is 0.727 bits per heavy atom. The van der Waals surface area contributed by atoms with E-state index in [0.29, 0.717) is 0 Å². The first kappa shape index (κ1) is 19.0. The van der Waals surface area contributed by atoms with Crippen LogP contribution in [0, 0.1) is 0 Å². The second-order valence-electron chi connectivity index (χ2n) is 6.15. The maximum absolute atomic E-state index is 5.49. The first-order valence-corrected chi connectivity index (χ1v) is 9.28. The lowest BCUT2D eigenvalue weighted by Gasteiger charge is -2.05. The van der Waals surface area contributed by atoms with Crippen LogP contribution in [0.3, 0.4) is 0 Å². The van der Waals surface area contributed by atoms with Gasteiger partial charge in [-0.1, -0.05) is 63.5 Å². The van der Waals surface area contributed by atoms with Crippen LogP contribution in [0.5, 0.6) is 5.75 Å². The van der Waals surface area contributed by atoms with Crippen molar-refractivity contribution in [1.29, 1.82) is 0 Å². The lowest BCUT2D eigenvalue weighted by molar-refractivity contribution is 0.340. The highest BCUT2D eigenvalue weighted by atomic mass is 16.5. The Morgan fingerprint density at radius 2 is 1.23 bits per heavy atom. The molecular weight excluding hydrogens is 270 g/mol. The Bertz CT molecular complexity index is 347. The number of ether oxygens (including phenoxy) is 1. The van der Waals surface area contributed by atoms with Gasteiger partial charge in [0.2, 0.25) is 0 Å². The van der Waals surface area contributed by atoms with Crippen LogP contribution in [0.2, 0.25) is 0 Å². The highest BCUT2D eigenvalue weighted by molar-refractivity contribution is 5.27. The average Bonchev–Trinajstić information content (AvgIpc) is 2.54. The lowest BCUT2D eigenvalue weighted by Crippen LogP contribution is -1.97. The number of hydrogen-bond donors (Lipinski definition) is 1. The molecule has 0 radical (unpaired) electrons. The van der Waals surface area contributed by atoms with Gasteiger partial charge in [-0.2, -0.15) is 0 Å². The van der Waals surface area contributed by atoms with Gasteiger partial charge in [-0.05, 0) is 50.4 Å². The predicted octanol–water partition coefficient (Wildman–Crippen LogP) is 5.49. The fourth-order valence-corrected chi connectivity index (χ4v) is 2.81. The van der Waals surface area contributed by atoms with Crippen molar-refractivity contribution in [2.24, 2.45) is 5.73 Å². The number of benzene rings is 1. The summed E-state index contributed by atoms with van der Waals surface area (Å²) in [5.41, 5.74) is 6.93. The van der Waals surface area contributed by atoms with Crippen LogP contribution < -0.4 is 10.5 Å². The summed E-state index contributed by atoms with van der Waals surface area (Å²) in [6.07, 6.45) is 14.8. The molecule has 2 heteroatoms. The smallest absolute Gasteiger partial charge is 0.119 e. The first-order valence-electron chi connectivity index (χ1n) is 9.28. The van der Waals surface area contributed by atoms with Crippen molar-refractivity contribution in [2.75, 3.05) is 13.2 Å². The minimum Gasteiger partial charge on any atom is -0.494 e. The van der Waals surface area contributed by atoms with Crippen molar-refractivity contribution < 1.29 is 4.74 Å². The minimum absolute atomic E-state index is 0.742. The van der Waals surface area contributed by atoms with Gasteiger partial charge in [-0.3, -0.25) is 0 Å². The first-order chi connectivity index (χ1) is 10.9. The van der Waals surface area contributed by atoms with Gasteiger partial charge in [0.1, 0.15) is 5.75 Å². The maximum atomic E-state index is 5.49. The zero-order valence-corrected chi connectivity index (χ0v) is 14.5. The minimum atomic E-state index is 0.742. The largest absolute Gasteiger partial charge is 0.494 e. The molecule has 0 saturated carbocycles. The normalized spacial score (nSPS) is 10.8. The summed E-state index contributed by atoms with van der Waals surface area (Å²) in [5.74, 6) is 0.984. The standard InChI is InChI=1S/C20H35NO/c1-2-22-20-16-14-19(15-17-20)13-11-9-7-5-3-4-6-8-10-12-18-21/h14-17H,2-13,18,21H2,1H3. The van der Waals surface area contributed by atoms with E-state index < -0.39 is 0 Å². The van der Waals surface area contributed by atoms with Gasteiger partial charge in [0.25, 0.3) is 0 Å². The van der Waals surface area contributed by atoms with Crippen LogP contribution in [0.1, 0.15) is 76.7 Å². The molecule has 126 valence electrons. The van der Waals surface area contributed by atoms with E-state index in [1.54, 1.807) is 0 Å². The Kier molecular flexibility index (Phi) is 11.8. The molecule has 0 amide bonds. The fourth-order valence-electron chi connectivity index (χ4n) is 2.81. The highest BCUT2D eigenvalue weighted by Gasteiger charge is 1.96. The van der Waals surface area contributed by atoms with Gasteiger partial charge in [-0.25, -0.2) is 0 Å². The summed E-state index contributed by atoms with van der Waals surface area (Å²) in [7, 11) is 0. The highest BCUT2D eigenvalue weighted by Crippen LogP contribution is 2.15. The van der Waals surface area contributed by atoms with E-state index in [4.69, 9.17) is 10.5 Å². The molecule has 0 unspecified atom stereocenters. The molecule has 0 spiro atoms. The number of rotatable bonds is 14. The molecule has 1 aromatic rings. The molecule has 0 aliphatic heterocycles. The van der Waals surface area contributed by atoms with E-state index in [1.165, 1.54) is 76.2 Å². The SMILES string of the molecule is CCOc1ccc(CCCCCCCCCCCCN)cc1. The molecule has 2 N–H and O–H groups in total. The molecule has 2 nitrogen and oxygen atoms in total. The summed E-state index contributed by atoms with van der Waals surface area (Å²) in [6, 6.07) is 8.58. The van der Waals surface area contributed by atoms with E-state index >= 15 is 0 Å². The molecule has 0 fully saturated rings. The Labute approximate surface area is 137 Å². The Morgan fingerprint density at radius 3 is 1.73 bits per heavy atom. The van der Waals surface area contributed by atoms with Crippen molar-refractivity contribution >= 4 is 0 Å². The lowest BCUT2D eigenvalue weighted by atomic mass is 10.0. The third kappa shape index (κ3) is 9.83. The summed E-state index contributed by atoms with van der Waals surface area (Å²) in [5, 5.41) is 0. The number of unbranched alkanes of at least 4 members (excludes halogenated alkanes) is 9. The van der Waals surface area contributed by atoms with Crippen LogP contribution >= 0.6 is 0 Å². The fraction of sp³-hybridized carbons (Fsp3) is 0.700. The van der Waals surface area contributed by atoms with Crippen molar-refractivity contribution in [2.45, 2.75) is 77.6 Å². The van der Waals surface area contributed by atoms with Crippen LogP contribution in [0.4, 0.5) is 0 Å². The number of aryl methyl sites for hydroxylation is 1. The molecule has 0 aliphatic carbocycles. The molecular formula is C20H35NO. The zero-order valence-electron chi connectivity index (χ0n) is 14.5. The molecule has 0 atom stereocenters. The van der Waals surface area contributed by atoms with Gasteiger partial charge in [-0.15, -0.1) is 0 Å². The topological polar surface area (TPSA) is 35.2 Å². The van der Waals surface area contributed by atoms with Crippen molar-refractivity contribution in [3.63, 3.8) is 0 Å². The third-order valence-electron chi connectivity index (χ3n) is 4.15. The van der Waals surface area contributed by atoms with Crippen LogP contribution in [-0.2, 0) is 6.42 Å². The van der Waals surface area contributed by atoms with E-state index in [9.17, 15) is 0 Å². The van der Waals surface area contributed by atoms with E-state index in [1.807, 2.05) is 6.92 Å². The summed E-state index contributed by atoms with van der Waals surface area (Å²) < 4.78 is 5.47. The van der Waals surface area contributed by atoms with Crippen LogP contribution in [0.15, 0.2) is 24.3 Å². The van der Waals surface area contributed by atoms with Crippen molar-refractivity contribution in [3.8, 4) is 5.75 Å². The number of hydrogen-bond acceptors (Lipinski definition) is 2. The van der Waals surface area contributed by atoms with Gasteiger partial charge >= 0.3 is 0 Å². The number of nitrogens with two attached hydrogens (primary N) is 1. The van der Waals surface area contributed by atoms with Gasteiger partial charge < -0.3 is 10.5 Å². The summed E-state index contributed by atoms with van der Waals surface area (Å²) >= 11 is 0. The molecule has 1 rings (SSSR count). The molecule has 0 aromatic heterocycles. The second kappa shape index (κ2) is 13.6. The van der Waals surface area contributed by atoms with E-state index in [0.717, 1.165) is 18.9 Å². The second-order valence-corrected chi connectivity index (χ2v) is 6.15. The van der Waals surface area contributed by atoms with Gasteiger partial charge in [0, 0.05) is 0 Å². The molecule has 0 bridgehead atoms. The van der Waals surface area contributed by atoms with Crippen molar-refractivity contribution in [1.82, 2.24) is 0 Å². The monoisotopic (exact) mass is 305 g/mol. The summed E-state index contributed by atoms with van der Waals surface area (Å²) in [6.45, 7) is 3.62. The Balaban J connectivity index is 1.90. The molecule has 0 heterocycles. The molecule has 0 aliphatic rings. The maximum Gasteiger partial charge on any atom is 0.119 e. The zero-order chi connectivity index (χ0) is 15.9. The van der Waals surface area contributed by atoms with Gasteiger partial charge in [0.05, 0.1) is 6.61 Å².